The Hall–Kier alpha value is 0.0969. The summed E-state index contributed by atoms with van der Waals surface area (Å²) in [6, 6.07) is 0. The van der Waals surface area contributed by atoms with Gasteiger partial charge in [-0.1, -0.05) is 52.4 Å². The number of hydrogen-bond acceptors (Lipinski definition) is 3. The van der Waals surface area contributed by atoms with Crippen LogP contribution < -0.4 is 0 Å². The van der Waals surface area contributed by atoms with Crippen molar-refractivity contribution in [2.45, 2.75) is 71.8 Å². The molecule has 0 atom stereocenters. The number of hydrogen-bond donors (Lipinski definition) is 0. The molecule has 0 rings (SSSR count). The van der Waals surface area contributed by atoms with Gasteiger partial charge < -0.3 is 8.85 Å². The van der Waals surface area contributed by atoms with Crippen molar-refractivity contribution >= 4 is 8.72 Å². The first-order valence-electron chi connectivity index (χ1n) is 8.00. The molecule has 0 bridgehead atoms. The number of nitrogens with zero attached hydrogens (tertiary/aromatic N) is 1. The van der Waals surface area contributed by atoms with Gasteiger partial charge in [-0.2, -0.15) is 0 Å². The van der Waals surface area contributed by atoms with Crippen molar-refractivity contribution in [2.75, 3.05) is 27.3 Å². The predicted octanol–water partition coefficient (Wildman–Crippen LogP) is 4.31. The van der Waals surface area contributed by atoms with Crippen LogP contribution in [0.25, 0.3) is 0 Å². The third-order valence-electron chi connectivity index (χ3n) is 3.90. The monoisotopic (exact) mass is 289 g/mol. The molecule has 0 aliphatic rings. The first kappa shape index (κ1) is 19.1. The summed E-state index contributed by atoms with van der Waals surface area (Å²) in [6.45, 7) is 8.91. The fourth-order valence-electron chi connectivity index (χ4n) is 2.32. The summed E-state index contributed by atoms with van der Waals surface area (Å²) in [5.74, 6) is 0. The lowest BCUT2D eigenvalue weighted by Crippen LogP contribution is -2.55. The van der Waals surface area contributed by atoms with Gasteiger partial charge in [0.15, 0.2) is 0 Å². The molecule has 0 saturated carbocycles. The molecule has 0 saturated heterocycles. The Morgan fingerprint density at radius 3 is 1.47 bits per heavy atom. The van der Waals surface area contributed by atoms with Crippen molar-refractivity contribution < 1.29 is 8.85 Å². The van der Waals surface area contributed by atoms with Gasteiger partial charge in [0, 0.05) is 14.2 Å². The van der Waals surface area contributed by atoms with Gasteiger partial charge in [0.25, 0.3) is 0 Å². The molecule has 116 valence electrons. The zero-order chi connectivity index (χ0) is 14.6. The van der Waals surface area contributed by atoms with Crippen LogP contribution in [0.2, 0.25) is 6.55 Å². The molecule has 0 N–H and O–H groups in total. The SMILES string of the molecule is CCCCCCN(CCCCCC)[Si](C)(OC)OC. The van der Waals surface area contributed by atoms with Crippen molar-refractivity contribution in [1.82, 2.24) is 4.57 Å². The highest BCUT2D eigenvalue weighted by Gasteiger charge is 2.36. The fourth-order valence-corrected chi connectivity index (χ4v) is 4.13. The van der Waals surface area contributed by atoms with Gasteiger partial charge in [-0.05, 0) is 32.5 Å². The first-order chi connectivity index (χ1) is 9.14. The minimum absolute atomic E-state index is 1.12. The average molecular weight is 290 g/mol. The van der Waals surface area contributed by atoms with Crippen LogP contribution in [-0.4, -0.2) is 40.6 Å². The van der Waals surface area contributed by atoms with E-state index in [-0.39, 0.29) is 0 Å². The van der Waals surface area contributed by atoms with Gasteiger partial charge in [-0.25, -0.2) is 0 Å². The quantitative estimate of drug-likeness (QED) is 0.372. The highest BCUT2D eigenvalue weighted by Crippen LogP contribution is 2.15. The van der Waals surface area contributed by atoms with E-state index in [1.165, 1.54) is 51.4 Å². The van der Waals surface area contributed by atoms with Crippen molar-refractivity contribution in [1.29, 1.82) is 0 Å². The third kappa shape index (κ3) is 8.08. The smallest absolute Gasteiger partial charge is 0.386 e. The van der Waals surface area contributed by atoms with Crippen molar-refractivity contribution in [3.63, 3.8) is 0 Å². The summed E-state index contributed by atoms with van der Waals surface area (Å²) in [4.78, 5) is 0. The summed E-state index contributed by atoms with van der Waals surface area (Å²) >= 11 is 0. The lowest BCUT2D eigenvalue weighted by atomic mass is 10.2. The van der Waals surface area contributed by atoms with Crippen molar-refractivity contribution in [2.24, 2.45) is 0 Å². The second kappa shape index (κ2) is 11.9. The third-order valence-corrected chi connectivity index (χ3v) is 7.01. The van der Waals surface area contributed by atoms with E-state index < -0.39 is 8.72 Å². The molecule has 0 aliphatic carbocycles. The van der Waals surface area contributed by atoms with Crippen molar-refractivity contribution in [3.8, 4) is 0 Å². The second-order valence-electron chi connectivity index (χ2n) is 5.41. The van der Waals surface area contributed by atoms with Crippen LogP contribution in [0.4, 0.5) is 0 Å². The van der Waals surface area contributed by atoms with Crippen molar-refractivity contribution in [3.05, 3.63) is 0 Å². The van der Waals surface area contributed by atoms with Gasteiger partial charge in [0.2, 0.25) is 0 Å². The largest absolute Gasteiger partial charge is 0.424 e. The molecular formula is C15H35NO2Si. The maximum absolute atomic E-state index is 5.71. The van der Waals surface area contributed by atoms with Crippen LogP contribution in [0.3, 0.4) is 0 Å². The number of unbranched alkanes of at least 4 members (excludes halogenated alkanes) is 6. The molecule has 0 amide bonds. The number of rotatable bonds is 13. The van der Waals surface area contributed by atoms with E-state index in [9.17, 15) is 0 Å². The standard InChI is InChI=1S/C15H35NO2Si/c1-6-8-10-12-14-16(15-13-11-9-7-2)19(5,17-3)18-4/h6-15H2,1-5H3. The van der Waals surface area contributed by atoms with E-state index in [2.05, 4.69) is 25.0 Å². The molecular weight excluding hydrogens is 254 g/mol. The van der Waals surface area contributed by atoms with Gasteiger partial charge >= 0.3 is 8.72 Å². The lowest BCUT2D eigenvalue weighted by Gasteiger charge is -2.35. The Labute approximate surface area is 122 Å². The molecule has 0 aromatic heterocycles. The van der Waals surface area contributed by atoms with E-state index in [1.807, 2.05) is 0 Å². The maximum atomic E-state index is 5.71. The molecule has 19 heavy (non-hydrogen) atoms. The molecule has 0 aromatic rings. The van der Waals surface area contributed by atoms with Crippen LogP contribution in [-0.2, 0) is 8.85 Å². The summed E-state index contributed by atoms with van der Waals surface area (Å²) in [5.41, 5.74) is 0. The van der Waals surface area contributed by atoms with Gasteiger partial charge in [0.05, 0.1) is 0 Å². The minimum atomic E-state index is -2.11. The molecule has 0 radical (unpaired) electrons. The Balaban J connectivity index is 4.21. The summed E-state index contributed by atoms with van der Waals surface area (Å²) in [7, 11) is 1.47. The molecule has 0 aromatic carbocycles. The Kier molecular flexibility index (Phi) is 11.9. The zero-order valence-electron chi connectivity index (χ0n) is 13.8. The molecule has 0 heterocycles. The topological polar surface area (TPSA) is 21.7 Å². The molecule has 3 nitrogen and oxygen atoms in total. The van der Waals surface area contributed by atoms with E-state index in [4.69, 9.17) is 8.85 Å². The van der Waals surface area contributed by atoms with E-state index in [1.54, 1.807) is 14.2 Å². The summed E-state index contributed by atoms with van der Waals surface area (Å²) < 4.78 is 13.9. The van der Waals surface area contributed by atoms with Gasteiger partial charge in [0.1, 0.15) is 0 Å². The van der Waals surface area contributed by atoms with E-state index in [0.29, 0.717) is 0 Å². The zero-order valence-corrected chi connectivity index (χ0v) is 14.8. The summed E-state index contributed by atoms with van der Waals surface area (Å²) in [5, 5.41) is 0. The van der Waals surface area contributed by atoms with Crippen LogP contribution >= 0.6 is 0 Å². The highest BCUT2D eigenvalue weighted by atomic mass is 28.4. The molecule has 0 spiro atoms. The van der Waals surface area contributed by atoms with Crippen LogP contribution in [0.15, 0.2) is 0 Å². The molecule has 0 aliphatic heterocycles. The van der Waals surface area contributed by atoms with Gasteiger partial charge in [-0.3, -0.25) is 4.57 Å². The Bertz CT molecular complexity index is 187. The first-order valence-corrected chi connectivity index (χ1v) is 10.3. The van der Waals surface area contributed by atoms with Crippen LogP contribution in [0, 0.1) is 0 Å². The molecule has 0 unspecified atom stereocenters. The van der Waals surface area contributed by atoms with E-state index >= 15 is 0 Å². The predicted molar refractivity (Wildman–Crippen MR) is 85.5 cm³/mol. The van der Waals surface area contributed by atoms with Crippen LogP contribution in [0.5, 0.6) is 0 Å². The van der Waals surface area contributed by atoms with Gasteiger partial charge in [-0.15, -0.1) is 0 Å². The van der Waals surface area contributed by atoms with Crippen LogP contribution in [0.1, 0.15) is 65.2 Å². The minimum Gasteiger partial charge on any atom is -0.386 e. The highest BCUT2D eigenvalue weighted by molar-refractivity contribution is 6.62. The fraction of sp³-hybridized carbons (Fsp3) is 1.00. The lowest BCUT2D eigenvalue weighted by molar-refractivity contribution is 0.165. The molecule has 0 fully saturated rings. The average Bonchev–Trinajstić information content (AvgIpc) is 2.44. The normalized spacial score (nSPS) is 12.3. The molecule has 4 heteroatoms. The Morgan fingerprint density at radius 2 is 1.16 bits per heavy atom. The Morgan fingerprint density at radius 1 is 0.737 bits per heavy atom. The maximum Gasteiger partial charge on any atom is 0.424 e. The second-order valence-corrected chi connectivity index (χ2v) is 8.66. The summed E-state index contributed by atoms with van der Waals surface area (Å²) in [6.07, 6.45) is 10.4. The van der Waals surface area contributed by atoms with E-state index in [0.717, 1.165) is 13.1 Å².